The first-order chi connectivity index (χ1) is 7.52. The highest BCUT2D eigenvalue weighted by atomic mass is 32.1. The zero-order valence-corrected chi connectivity index (χ0v) is 10.4. The molecule has 0 saturated heterocycles. The van der Waals surface area contributed by atoms with Crippen molar-refractivity contribution < 1.29 is 14.6 Å². The van der Waals surface area contributed by atoms with Crippen molar-refractivity contribution in [1.29, 1.82) is 0 Å². The van der Waals surface area contributed by atoms with Gasteiger partial charge in [-0.15, -0.1) is 11.3 Å². The zero-order chi connectivity index (χ0) is 12.1. The minimum atomic E-state index is -0.867. The molecule has 0 radical (unpaired) electrons. The number of aromatic nitrogens is 1. The summed E-state index contributed by atoms with van der Waals surface area (Å²) in [6.45, 7) is 3.79. The first-order valence-corrected chi connectivity index (χ1v) is 5.75. The third-order valence-electron chi connectivity index (χ3n) is 2.16. The number of methoxy groups -OCH3 is 1. The highest BCUT2D eigenvalue weighted by Crippen LogP contribution is 2.16. The normalized spacial score (nSPS) is 13.8. The number of hydrogen-bond donors (Lipinski definition) is 1. The number of hydrogen-bond acceptors (Lipinski definition) is 4. The summed E-state index contributed by atoms with van der Waals surface area (Å²) < 4.78 is 5.13. The largest absolute Gasteiger partial charge is 0.481 e. The summed E-state index contributed by atoms with van der Waals surface area (Å²) in [5.41, 5.74) is 1.72. The molecular weight excluding hydrogens is 226 g/mol. The maximum atomic E-state index is 10.6. The molecule has 1 atom stereocenters. The molecular formula is C11H15NO3S. The van der Waals surface area contributed by atoms with Crippen LogP contribution in [0.15, 0.2) is 11.0 Å². The number of aliphatic carboxylic acids is 1. The second-order valence-corrected chi connectivity index (χ2v) is 4.56. The predicted octanol–water partition coefficient (Wildman–Crippen LogP) is 2.34. The lowest BCUT2D eigenvalue weighted by atomic mass is 10.1. The predicted molar refractivity (Wildman–Crippen MR) is 63.6 cm³/mol. The van der Waals surface area contributed by atoms with Crippen molar-refractivity contribution in [2.24, 2.45) is 0 Å². The van der Waals surface area contributed by atoms with Crippen molar-refractivity contribution in [2.45, 2.75) is 26.4 Å². The monoisotopic (exact) mass is 241 g/mol. The van der Waals surface area contributed by atoms with Gasteiger partial charge >= 0.3 is 5.97 Å². The standard InChI is InChI=1S/C11H15NO3S/c1-7(10(15-3)5-11(13)14)4-9-6-16-8(2)12-9/h4,6,10H,5H2,1-3H3,(H,13,14)/t10-/m0/s1. The van der Waals surface area contributed by atoms with E-state index in [2.05, 4.69) is 4.98 Å². The molecule has 88 valence electrons. The quantitative estimate of drug-likeness (QED) is 0.859. The van der Waals surface area contributed by atoms with Gasteiger partial charge in [0.15, 0.2) is 0 Å². The number of aryl methyl sites for hydroxylation is 1. The van der Waals surface area contributed by atoms with Gasteiger partial charge in [-0.3, -0.25) is 4.79 Å². The number of thiazole rings is 1. The van der Waals surface area contributed by atoms with Gasteiger partial charge in [0.1, 0.15) is 0 Å². The highest BCUT2D eigenvalue weighted by molar-refractivity contribution is 7.09. The lowest BCUT2D eigenvalue weighted by Gasteiger charge is -2.13. The van der Waals surface area contributed by atoms with E-state index in [0.717, 1.165) is 16.3 Å². The molecule has 0 unspecified atom stereocenters. The van der Waals surface area contributed by atoms with Crippen LogP contribution in [0.5, 0.6) is 0 Å². The van der Waals surface area contributed by atoms with Gasteiger partial charge in [0.25, 0.3) is 0 Å². The molecule has 0 amide bonds. The highest BCUT2D eigenvalue weighted by Gasteiger charge is 2.14. The van der Waals surface area contributed by atoms with E-state index in [0.29, 0.717) is 0 Å². The average Bonchev–Trinajstić information content (AvgIpc) is 2.60. The number of carboxylic acid groups (broad SMARTS) is 1. The van der Waals surface area contributed by atoms with E-state index < -0.39 is 5.97 Å². The smallest absolute Gasteiger partial charge is 0.306 e. The van der Waals surface area contributed by atoms with Crippen molar-refractivity contribution in [3.8, 4) is 0 Å². The maximum Gasteiger partial charge on any atom is 0.306 e. The average molecular weight is 241 g/mol. The van der Waals surface area contributed by atoms with Gasteiger partial charge < -0.3 is 9.84 Å². The molecule has 1 aromatic heterocycles. The number of rotatable bonds is 5. The third-order valence-corrected chi connectivity index (χ3v) is 2.96. The van der Waals surface area contributed by atoms with E-state index in [-0.39, 0.29) is 12.5 Å². The lowest BCUT2D eigenvalue weighted by molar-refractivity contribution is -0.139. The molecule has 16 heavy (non-hydrogen) atoms. The molecule has 4 nitrogen and oxygen atoms in total. The van der Waals surface area contributed by atoms with Gasteiger partial charge in [-0.2, -0.15) is 0 Å². The maximum absolute atomic E-state index is 10.6. The second kappa shape index (κ2) is 5.77. The summed E-state index contributed by atoms with van der Waals surface area (Å²) in [5, 5.41) is 11.6. The summed E-state index contributed by atoms with van der Waals surface area (Å²) in [6.07, 6.45) is 1.45. The number of carbonyl (C=O) groups is 1. The molecule has 0 saturated carbocycles. The van der Waals surface area contributed by atoms with Crippen LogP contribution in [0.3, 0.4) is 0 Å². The second-order valence-electron chi connectivity index (χ2n) is 3.50. The fourth-order valence-electron chi connectivity index (χ4n) is 1.36. The van der Waals surface area contributed by atoms with Crippen LogP contribution >= 0.6 is 11.3 Å². The summed E-state index contributed by atoms with van der Waals surface area (Å²) in [7, 11) is 1.51. The van der Waals surface area contributed by atoms with E-state index in [4.69, 9.17) is 9.84 Å². The van der Waals surface area contributed by atoms with Crippen molar-refractivity contribution >= 4 is 23.4 Å². The van der Waals surface area contributed by atoms with E-state index >= 15 is 0 Å². The van der Waals surface area contributed by atoms with Crippen LogP contribution in [0, 0.1) is 6.92 Å². The summed E-state index contributed by atoms with van der Waals surface area (Å²) in [4.78, 5) is 14.9. The molecule has 0 aromatic carbocycles. The SMILES string of the molecule is CO[C@@H](CC(=O)O)C(C)=Cc1csc(C)n1. The van der Waals surface area contributed by atoms with E-state index in [1.165, 1.54) is 7.11 Å². The molecule has 1 N–H and O–H groups in total. The Kier molecular flexibility index (Phi) is 4.64. The molecule has 1 rings (SSSR count). The van der Waals surface area contributed by atoms with Gasteiger partial charge in [0, 0.05) is 12.5 Å². The van der Waals surface area contributed by atoms with Crippen LogP contribution in [-0.2, 0) is 9.53 Å². The van der Waals surface area contributed by atoms with Crippen molar-refractivity contribution in [2.75, 3.05) is 7.11 Å². The van der Waals surface area contributed by atoms with Crippen molar-refractivity contribution in [3.05, 3.63) is 21.7 Å². The first kappa shape index (κ1) is 12.9. The molecule has 0 aliphatic carbocycles. The minimum absolute atomic E-state index is 0.0258. The third kappa shape index (κ3) is 3.75. The van der Waals surface area contributed by atoms with E-state index in [1.807, 2.05) is 25.3 Å². The Morgan fingerprint density at radius 3 is 2.88 bits per heavy atom. The Balaban J connectivity index is 2.77. The van der Waals surface area contributed by atoms with Crippen LogP contribution in [0.1, 0.15) is 24.0 Å². The fourth-order valence-corrected chi connectivity index (χ4v) is 1.93. The molecule has 5 heteroatoms. The summed E-state index contributed by atoms with van der Waals surface area (Å²) >= 11 is 1.57. The van der Waals surface area contributed by atoms with Gasteiger partial charge in [-0.1, -0.05) is 0 Å². The Labute approximate surface area is 98.6 Å². The van der Waals surface area contributed by atoms with Crippen LogP contribution in [0.4, 0.5) is 0 Å². The molecule has 1 aromatic rings. The van der Waals surface area contributed by atoms with Crippen molar-refractivity contribution in [1.82, 2.24) is 4.98 Å². The molecule has 1 heterocycles. The zero-order valence-electron chi connectivity index (χ0n) is 9.56. The molecule has 0 aliphatic rings. The molecule has 0 spiro atoms. The topological polar surface area (TPSA) is 59.4 Å². The summed E-state index contributed by atoms with van der Waals surface area (Å²) in [6, 6.07) is 0. The number of ether oxygens (including phenoxy) is 1. The van der Waals surface area contributed by atoms with Gasteiger partial charge in [0.2, 0.25) is 0 Å². The number of carboxylic acids is 1. The lowest BCUT2D eigenvalue weighted by Crippen LogP contribution is -2.17. The van der Waals surface area contributed by atoms with Crippen LogP contribution in [0.2, 0.25) is 0 Å². The van der Waals surface area contributed by atoms with Crippen LogP contribution < -0.4 is 0 Å². The van der Waals surface area contributed by atoms with Gasteiger partial charge in [-0.05, 0) is 25.5 Å². The van der Waals surface area contributed by atoms with E-state index in [1.54, 1.807) is 11.3 Å². The summed E-state index contributed by atoms with van der Waals surface area (Å²) in [5.74, 6) is -0.867. The number of nitrogens with zero attached hydrogens (tertiary/aromatic N) is 1. The van der Waals surface area contributed by atoms with Gasteiger partial charge in [-0.25, -0.2) is 4.98 Å². The van der Waals surface area contributed by atoms with Crippen LogP contribution in [0.25, 0.3) is 6.08 Å². The minimum Gasteiger partial charge on any atom is -0.481 e. The van der Waals surface area contributed by atoms with Crippen LogP contribution in [-0.4, -0.2) is 29.3 Å². The molecule has 0 bridgehead atoms. The van der Waals surface area contributed by atoms with E-state index in [9.17, 15) is 4.79 Å². The Morgan fingerprint density at radius 1 is 1.75 bits per heavy atom. The Hall–Kier alpha value is -1.20. The Morgan fingerprint density at radius 2 is 2.44 bits per heavy atom. The Bertz CT molecular complexity index is 398. The molecule has 0 aliphatic heterocycles. The first-order valence-electron chi connectivity index (χ1n) is 4.88. The van der Waals surface area contributed by atoms with Gasteiger partial charge in [0.05, 0.1) is 23.2 Å². The fraction of sp³-hybridized carbons (Fsp3) is 0.455. The van der Waals surface area contributed by atoms with Crippen molar-refractivity contribution in [3.63, 3.8) is 0 Å². The molecule has 0 fully saturated rings.